The van der Waals surface area contributed by atoms with Gasteiger partial charge in [0.15, 0.2) is 0 Å². The van der Waals surface area contributed by atoms with Gasteiger partial charge in [0.1, 0.15) is 5.37 Å². The molecule has 4 nitrogen and oxygen atoms in total. The zero-order valence-corrected chi connectivity index (χ0v) is 14.5. The molecule has 8 heteroatoms. The topological polar surface area (TPSA) is 49.4 Å². The third-order valence-corrected chi connectivity index (χ3v) is 5.05. The van der Waals surface area contributed by atoms with Crippen molar-refractivity contribution in [1.29, 1.82) is 0 Å². The molecule has 1 atom stereocenters. The predicted octanol–water partition coefficient (Wildman–Crippen LogP) is 4.44. The summed E-state index contributed by atoms with van der Waals surface area (Å²) < 4.78 is 38.9. The number of nitrogens with one attached hydrogen (secondary N) is 1. The molecule has 2 aromatic rings. The maximum Gasteiger partial charge on any atom is 0.416 e. The van der Waals surface area contributed by atoms with Crippen LogP contribution in [0.3, 0.4) is 0 Å². The van der Waals surface area contributed by atoms with Gasteiger partial charge in [-0.1, -0.05) is 12.1 Å². The number of hydrogen-bond donors (Lipinski definition) is 1. The van der Waals surface area contributed by atoms with Gasteiger partial charge in [0, 0.05) is 18.3 Å². The highest BCUT2D eigenvalue weighted by molar-refractivity contribution is 8.00. The molecule has 1 saturated heterocycles. The first-order valence-corrected chi connectivity index (χ1v) is 8.79. The summed E-state index contributed by atoms with van der Waals surface area (Å²) in [5.41, 5.74) is 0.824. The summed E-state index contributed by atoms with van der Waals surface area (Å²) in [6.45, 7) is 1.39. The van der Waals surface area contributed by atoms with Gasteiger partial charge in [-0.25, -0.2) is 0 Å². The molecule has 0 aromatic heterocycles. The molecule has 0 aliphatic carbocycles. The van der Waals surface area contributed by atoms with Crippen LogP contribution in [0.2, 0.25) is 0 Å². The number of benzene rings is 2. The molecule has 0 radical (unpaired) electrons. The SMILES string of the molecule is CC(=O)Nc1ccc(N2C(=O)CS[C@@H]2c2cccc(C(F)(F)F)c2)cc1. The van der Waals surface area contributed by atoms with E-state index in [1.165, 1.54) is 29.7 Å². The first-order valence-electron chi connectivity index (χ1n) is 7.74. The summed E-state index contributed by atoms with van der Waals surface area (Å²) in [4.78, 5) is 24.9. The van der Waals surface area contributed by atoms with Crippen molar-refractivity contribution in [3.63, 3.8) is 0 Å². The second-order valence-corrected chi connectivity index (χ2v) is 6.85. The van der Waals surface area contributed by atoms with Gasteiger partial charge >= 0.3 is 6.18 Å². The Morgan fingerprint density at radius 1 is 1.19 bits per heavy atom. The fourth-order valence-electron chi connectivity index (χ4n) is 2.73. The van der Waals surface area contributed by atoms with Crippen LogP contribution in [0.4, 0.5) is 24.5 Å². The van der Waals surface area contributed by atoms with Crippen molar-refractivity contribution in [1.82, 2.24) is 0 Å². The first kappa shape index (κ1) is 18.3. The van der Waals surface area contributed by atoms with Crippen LogP contribution in [0.5, 0.6) is 0 Å². The van der Waals surface area contributed by atoms with Gasteiger partial charge in [0.05, 0.1) is 11.3 Å². The summed E-state index contributed by atoms with van der Waals surface area (Å²) in [6, 6.07) is 11.6. The fourth-order valence-corrected chi connectivity index (χ4v) is 3.89. The Morgan fingerprint density at radius 3 is 2.50 bits per heavy atom. The summed E-state index contributed by atoms with van der Waals surface area (Å²) in [6.07, 6.45) is -4.44. The van der Waals surface area contributed by atoms with E-state index in [0.29, 0.717) is 16.9 Å². The van der Waals surface area contributed by atoms with Crippen molar-refractivity contribution in [3.8, 4) is 0 Å². The smallest absolute Gasteiger partial charge is 0.326 e. The third kappa shape index (κ3) is 3.85. The zero-order chi connectivity index (χ0) is 18.9. The molecule has 1 N–H and O–H groups in total. The van der Waals surface area contributed by atoms with Crippen molar-refractivity contribution < 1.29 is 22.8 Å². The van der Waals surface area contributed by atoms with E-state index in [0.717, 1.165) is 12.1 Å². The van der Waals surface area contributed by atoms with Crippen LogP contribution in [-0.4, -0.2) is 17.6 Å². The molecule has 1 aliphatic heterocycles. The standard InChI is InChI=1S/C18H15F3N2O2S/c1-11(24)22-14-5-7-15(8-6-14)23-16(25)10-26-17(23)12-3-2-4-13(9-12)18(19,20)21/h2-9,17H,10H2,1H3,(H,22,24)/t17-/m1/s1. The van der Waals surface area contributed by atoms with E-state index in [2.05, 4.69) is 5.32 Å². The number of hydrogen-bond acceptors (Lipinski definition) is 3. The van der Waals surface area contributed by atoms with E-state index in [1.807, 2.05) is 0 Å². The van der Waals surface area contributed by atoms with E-state index >= 15 is 0 Å². The number of amides is 2. The van der Waals surface area contributed by atoms with E-state index in [9.17, 15) is 22.8 Å². The average molecular weight is 380 g/mol. The maximum absolute atomic E-state index is 13.0. The number of thioether (sulfide) groups is 1. The number of carbonyl (C=O) groups is 2. The molecule has 3 rings (SSSR count). The zero-order valence-electron chi connectivity index (χ0n) is 13.7. The summed E-state index contributed by atoms with van der Waals surface area (Å²) in [5.74, 6) is -0.203. The molecular formula is C18H15F3N2O2S. The Hall–Kier alpha value is -2.48. The lowest BCUT2D eigenvalue weighted by Crippen LogP contribution is -2.28. The molecule has 26 heavy (non-hydrogen) atoms. The summed E-state index contributed by atoms with van der Waals surface area (Å²) in [7, 11) is 0. The number of rotatable bonds is 3. The van der Waals surface area contributed by atoms with Crippen LogP contribution in [0.1, 0.15) is 23.4 Å². The Kier molecular flexibility index (Phi) is 4.95. The number of carbonyl (C=O) groups excluding carboxylic acids is 2. The Morgan fingerprint density at radius 2 is 1.88 bits per heavy atom. The maximum atomic E-state index is 13.0. The predicted molar refractivity (Wildman–Crippen MR) is 94.9 cm³/mol. The second kappa shape index (κ2) is 7.03. The second-order valence-electron chi connectivity index (χ2n) is 5.78. The van der Waals surface area contributed by atoms with Gasteiger partial charge < -0.3 is 5.32 Å². The molecule has 1 heterocycles. The normalized spacial score (nSPS) is 17.5. The highest BCUT2D eigenvalue weighted by atomic mass is 32.2. The van der Waals surface area contributed by atoms with Gasteiger partial charge in [-0.3, -0.25) is 14.5 Å². The molecule has 136 valence electrons. The van der Waals surface area contributed by atoms with Crippen LogP contribution in [0.25, 0.3) is 0 Å². The van der Waals surface area contributed by atoms with Gasteiger partial charge in [0.25, 0.3) is 0 Å². The van der Waals surface area contributed by atoms with Crippen molar-refractivity contribution in [2.24, 2.45) is 0 Å². The summed E-state index contributed by atoms with van der Waals surface area (Å²) in [5, 5.41) is 2.10. The lowest BCUT2D eigenvalue weighted by Gasteiger charge is -2.25. The van der Waals surface area contributed by atoms with Crippen LogP contribution in [-0.2, 0) is 15.8 Å². The lowest BCUT2D eigenvalue weighted by atomic mass is 10.1. The quantitative estimate of drug-likeness (QED) is 0.856. The summed E-state index contributed by atoms with van der Waals surface area (Å²) >= 11 is 1.28. The van der Waals surface area contributed by atoms with Gasteiger partial charge in [-0.05, 0) is 42.0 Å². The minimum Gasteiger partial charge on any atom is -0.326 e. The number of halogens is 3. The van der Waals surface area contributed by atoms with Gasteiger partial charge in [-0.15, -0.1) is 11.8 Å². The lowest BCUT2D eigenvalue weighted by molar-refractivity contribution is -0.137. The highest BCUT2D eigenvalue weighted by Gasteiger charge is 2.36. The molecular weight excluding hydrogens is 365 g/mol. The van der Waals surface area contributed by atoms with Crippen molar-refractivity contribution >= 4 is 35.0 Å². The average Bonchev–Trinajstić information content (AvgIpc) is 2.96. The van der Waals surface area contributed by atoms with Crippen LogP contribution in [0, 0.1) is 0 Å². The monoisotopic (exact) mass is 380 g/mol. The third-order valence-electron chi connectivity index (χ3n) is 3.83. The molecule has 0 saturated carbocycles. The molecule has 2 amide bonds. The van der Waals surface area contributed by atoms with Crippen molar-refractivity contribution in [2.45, 2.75) is 18.5 Å². The molecule has 1 fully saturated rings. The van der Waals surface area contributed by atoms with E-state index in [1.54, 1.807) is 30.3 Å². The molecule has 2 aromatic carbocycles. The molecule has 0 unspecified atom stereocenters. The number of anilines is 2. The Balaban J connectivity index is 1.91. The fraction of sp³-hybridized carbons (Fsp3) is 0.222. The highest BCUT2D eigenvalue weighted by Crippen LogP contribution is 2.43. The van der Waals surface area contributed by atoms with Crippen molar-refractivity contribution in [2.75, 3.05) is 16.0 Å². The first-order chi connectivity index (χ1) is 12.3. The van der Waals surface area contributed by atoms with Crippen LogP contribution < -0.4 is 10.2 Å². The van der Waals surface area contributed by atoms with Gasteiger partial charge in [0.2, 0.25) is 11.8 Å². The van der Waals surface area contributed by atoms with Crippen LogP contribution in [0.15, 0.2) is 48.5 Å². The molecule has 1 aliphatic rings. The molecule has 0 spiro atoms. The Bertz CT molecular complexity index is 837. The van der Waals surface area contributed by atoms with Crippen LogP contribution >= 0.6 is 11.8 Å². The van der Waals surface area contributed by atoms with E-state index in [4.69, 9.17) is 0 Å². The minimum atomic E-state index is -4.44. The Labute approximate surface area is 152 Å². The van der Waals surface area contributed by atoms with Crippen molar-refractivity contribution in [3.05, 3.63) is 59.7 Å². The minimum absolute atomic E-state index is 0.176. The van der Waals surface area contributed by atoms with E-state index < -0.39 is 17.1 Å². The largest absolute Gasteiger partial charge is 0.416 e. The number of alkyl halides is 3. The van der Waals surface area contributed by atoms with E-state index in [-0.39, 0.29) is 17.6 Å². The van der Waals surface area contributed by atoms with Gasteiger partial charge in [-0.2, -0.15) is 13.2 Å². The number of nitrogens with zero attached hydrogens (tertiary/aromatic N) is 1. The molecule has 0 bridgehead atoms.